The van der Waals surface area contributed by atoms with E-state index in [0.29, 0.717) is 18.2 Å². The Morgan fingerprint density at radius 3 is 2.76 bits per heavy atom. The number of nitrogens with one attached hydrogen (secondary N) is 2. The van der Waals surface area contributed by atoms with Gasteiger partial charge in [-0.25, -0.2) is 15.8 Å². The third-order valence-electron chi connectivity index (χ3n) is 2.21. The monoisotopic (exact) mass is 233 g/mol. The summed E-state index contributed by atoms with van der Waals surface area (Å²) in [4.78, 5) is 8.36. The average molecular weight is 233 g/mol. The topological polar surface area (TPSA) is 93.7 Å². The standard InChI is InChI=1S/C10H15N7/c1-7-13-9(5-10(14-7)15-11)12-6-8-3-4-17(2)16-8/h3-5H,6,11H2,1-2H3,(H2,12,13,14,15). The molecule has 0 spiro atoms. The Bertz CT molecular complexity index is 505. The van der Waals surface area contributed by atoms with Crippen LogP contribution in [-0.2, 0) is 13.6 Å². The zero-order valence-corrected chi connectivity index (χ0v) is 9.81. The third-order valence-corrected chi connectivity index (χ3v) is 2.21. The van der Waals surface area contributed by atoms with Crippen LogP contribution in [0.25, 0.3) is 0 Å². The van der Waals surface area contributed by atoms with Crippen LogP contribution in [-0.4, -0.2) is 19.7 Å². The fourth-order valence-electron chi connectivity index (χ4n) is 1.47. The molecule has 0 aliphatic rings. The Labute approximate surface area is 99.0 Å². The van der Waals surface area contributed by atoms with E-state index in [0.717, 1.165) is 11.5 Å². The first kappa shape index (κ1) is 11.3. The Morgan fingerprint density at radius 2 is 2.12 bits per heavy atom. The number of nitrogen functional groups attached to an aromatic ring is 1. The van der Waals surface area contributed by atoms with Crippen LogP contribution in [0.3, 0.4) is 0 Å². The Kier molecular flexibility index (Phi) is 3.20. The SMILES string of the molecule is Cc1nc(NN)cc(NCc2ccn(C)n2)n1. The largest absolute Gasteiger partial charge is 0.364 e. The molecule has 0 aliphatic heterocycles. The summed E-state index contributed by atoms with van der Waals surface area (Å²) in [6.07, 6.45) is 1.90. The predicted octanol–water partition coefficient (Wildman–Crippen LogP) is 0.416. The Hall–Kier alpha value is -2.15. The van der Waals surface area contributed by atoms with E-state index in [1.807, 2.05) is 26.2 Å². The molecule has 0 bridgehead atoms. The summed E-state index contributed by atoms with van der Waals surface area (Å²) in [5, 5.41) is 7.43. The lowest BCUT2D eigenvalue weighted by Crippen LogP contribution is -2.11. The van der Waals surface area contributed by atoms with Crippen molar-refractivity contribution in [1.82, 2.24) is 19.7 Å². The van der Waals surface area contributed by atoms with Crippen molar-refractivity contribution in [2.24, 2.45) is 12.9 Å². The number of nitrogens with zero attached hydrogens (tertiary/aromatic N) is 4. The summed E-state index contributed by atoms with van der Waals surface area (Å²) in [5.41, 5.74) is 3.45. The summed E-state index contributed by atoms with van der Waals surface area (Å²) in [7, 11) is 1.88. The van der Waals surface area contributed by atoms with Crippen LogP contribution in [0, 0.1) is 6.92 Å². The van der Waals surface area contributed by atoms with Gasteiger partial charge in [-0.1, -0.05) is 0 Å². The van der Waals surface area contributed by atoms with Gasteiger partial charge in [0.05, 0.1) is 12.2 Å². The van der Waals surface area contributed by atoms with Crippen molar-refractivity contribution < 1.29 is 0 Å². The zero-order valence-electron chi connectivity index (χ0n) is 9.81. The molecule has 0 saturated heterocycles. The van der Waals surface area contributed by atoms with E-state index in [-0.39, 0.29) is 0 Å². The summed E-state index contributed by atoms with van der Waals surface area (Å²) >= 11 is 0. The van der Waals surface area contributed by atoms with Gasteiger partial charge in [-0.2, -0.15) is 5.10 Å². The fourth-order valence-corrected chi connectivity index (χ4v) is 1.47. The van der Waals surface area contributed by atoms with Crippen molar-refractivity contribution in [2.75, 3.05) is 10.7 Å². The lowest BCUT2D eigenvalue weighted by molar-refractivity contribution is 0.746. The molecule has 4 N–H and O–H groups in total. The second kappa shape index (κ2) is 4.79. The van der Waals surface area contributed by atoms with E-state index in [1.165, 1.54) is 0 Å². The lowest BCUT2D eigenvalue weighted by Gasteiger charge is -2.06. The zero-order chi connectivity index (χ0) is 12.3. The van der Waals surface area contributed by atoms with E-state index in [9.17, 15) is 0 Å². The van der Waals surface area contributed by atoms with Crippen molar-refractivity contribution in [2.45, 2.75) is 13.5 Å². The molecule has 2 aromatic rings. The van der Waals surface area contributed by atoms with E-state index in [2.05, 4.69) is 25.8 Å². The first-order valence-corrected chi connectivity index (χ1v) is 5.22. The maximum absolute atomic E-state index is 5.31. The van der Waals surface area contributed by atoms with Crippen molar-refractivity contribution in [3.63, 3.8) is 0 Å². The van der Waals surface area contributed by atoms with Gasteiger partial charge in [0.1, 0.15) is 17.5 Å². The number of anilines is 2. The average Bonchev–Trinajstić information content (AvgIpc) is 2.72. The second-order valence-electron chi connectivity index (χ2n) is 3.66. The maximum Gasteiger partial charge on any atom is 0.145 e. The van der Waals surface area contributed by atoms with Crippen LogP contribution in [0.4, 0.5) is 11.6 Å². The molecule has 0 aliphatic carbocycles. The van der Waals surface area contributed by atoms with Crippen LogP contribution in [0.2, 0.25) is 0 Å². The van der Waals surface area contributed by atoms with E-state index in [1.54, 1.807) is 10.7 Å². The number of hydrogen-bond donors (Lipinski definition) is 3. The highest BCUT2D eigenvalue weighted by Crippen LogP contribution is 2.10. The van der Waals surface area contributed by atoms with Gasteiger partial charge in [0.2, 0.25) is 0 Å². The van der Waals surface area contributed by atoms with Crippen LogP contribution in [0.1, 0.15) is 11.5 Å². The number of aromatic nitrogens is 4. The molecule has 7 nitrogen and oxygen atoms in total. The molecule has 0 radical (unpaired) electrons. The molecule has 2 rings (SSSR count). The van der Waals surface area contributed by atoms with Crippen LogP contribution in [0.15, 0.2) is 18.3 Å². The maximum atomic E-state index is 5.31. The van der Waals surface area contributed by atoms with Gasteiger partial charge in [0.15, 0.2) is 0 Å². The van der Waals surface area contributed by atoms with Crippen molar-refractivity contribution >= 4 is 11.6 Å². The minimum Gasteiger partial charge on any atom is -0.364 e. The van der Waals surface area contributed by atoms with Crippen molar-refractivity contribution in [3.05, 3.63) is 29.8 Å². The molecule has 0 atom stereocenters. The van der Waals surface area contributed by atoms with Gasteiger partial charge in [0, 0.05) is 19.3 Å². The Morgan fingerprint density at radius 1 is 1.35 bits per heavy atom. The summed E-state index contributed by atoms with van der Waals surface area (Å²) in [6.45, 7) is 2.42. The molecule has 0 unspecified atom stereocenters. The molecule has 0 amide bonds. The fraction of sp³-hybridized carbons (Fsp3) is 0.300. The van der Waals surface area contributed by atoms with Gasteiger partial charge in [-0.3, -0.25) is 4.68 Å². The molecule has 2 aromatic heterocycles. The van der Waals surface area contributed by atoms with Crippen LogP contribution in [0.5, 0.6) is 0 Å². The molecular formula is C10H15N7. The van der Waals surface area contributed by atoms with Gasteiger partial charge in [-0.05, 0) is 13.0 Å². The first-order valence-electron chi connectivity index (χ1n) is 5.22. The highest BCUT2D eigenvalue weighted by atomic mass is 15.3. The molecule has 0 aromatic carbocycles. The number of aryl methyl sites for hydroxylation is 2. The number of nitrogens with two attached hydrogens (primary N) is 1. The quantitative estimate of drug-likeness (QED) is 0.523. The molecule has 2 heterocycles. The molecular weight excluding hydrogens is 218 g/mol. The number of rotatable bonds is 4. The summed E-state index contributed by atoms with van der Waals surface area (Å²) < 4.78 is 1.76. The van der Waals surface area contributed by atoms with Crippen molar-refractivity contribution in [3.8, 4) is 0 Å². The highest BCUT2D eigenvalue weighted by molar-refractivity contribution is 5.46. The van der Waals surface area contributed by atoms with Gasteiger partial charge in [0.25, 0.3) is 0 Å². The minimum atomic E-state index is 0.584. The lowest BCUT2D eigenvalue weighted by atomic mass is 10.4. The molecule has 0 fully saturated rings. The normalized spacial score (nSPS) is 10.3. The first-order chi connectivity index (χ1) is 8.17. The van der Waals surface area contributed by atoms with E-state index >= 15 is 0 Å². The second-order valence-corrected chi connectivity index (χ2v) is 3.66. The number of hydrogen-bond acceptors (Lipinski definition) is 6. The van der Waals surface area contributed by atoms with Gasteiger partial charge >= 0.3 is 0 Å². The third kappa shape index (κ3) is 2.91. The molecule has 7 heteroatoms. The summed E-state index contributed by atoms with van der Waals surface area (Å²) in [5.74, 6) is 7.27. The minimum absolute atomic E-state index is 0.584. The van der Waals surface area contributed by atoms with Gasteiger partial charge < -0.3 is 10.7 Å². The highest BCUT2D eigenvalue weighted by Gasteiger charge is 2.01. The predicted molar refractivity (Wildman–Crippen MR) is 65.1 cm³/mol. The van der Waals surface area contributed by atoms with Gasteiger partial charge in [-0.15, -0.1) is 0 Å². The van der Waals surface area contributed by atoms with E-state index in [4.69, 9.17) is 5.84 Å². The van der Waals surface area contributed by atoms with E-state index < -0.39 is 0 Å². The molecule has 0 saturated carbocycles. The van der Waals surface area contributed by atoms with Crippen molar-refractivity contribution in [1.29, 1.82) is 0 Å². The number of hydrazine groups is 1. The summed E-state index contributed by atoms with van der Waals surface area (Å²) in [6, 6.07) is 3.69. The smallest absolute Gasteiger partial charge is 0.145 e. The molecule has 90 valence electrons. The van der Waals surface area contributed by atoms with Crippen LogP contribution >= 0.6 is 0 Å². The molecule has 17 heavy (non-hydrogen) atoms. The van der Waals surface area contributed by atoms with Crippen LogP contribution < -0.4 is 16.6 Å². The Balaban J connectivity index is 2.05.